The summed E-state index contributed by atoms with van der Waals surface area (Å²) in [6.45, 7) is -0.148. The highest BCUT2D eigenvalue weighted by Gasteiger charge is 2.19. The Hall–Kier alpha value is -2.74. The molecule has 8 nitrogen and oxygen atoms in total. The average Bonchev–Trinajstić information content (AvgIpc) is 2.47. The van der Waals surface area contributed by atoms with Crippen molar-refractivity contribution in [3.05, 3.63) is 46.1 Å². The van der Waals surface area contributed by atoms with Crippen molar-refractivity contribution >= 4 is 11.6 Å². The zero-order valence-corrected chi connectivity index (χ0v) is 10.6. The number of ether oxygens (including phenoxy) is 1. The van der Waals surface area contributed by atoms with Crippen molar-refractivity contribution in [2.75, 3.05) is 12.4 Å². The first-order valence-electron chi connectivity index (χ1n) is 5.71. The summed E-state index contributed by atoms with van der Waals surface area (Å²) in [6.07, 6.45) is 1.07. The Bertz CT molecular complexity index is 633. The van der Waals surface area contributed by atoms with E-state index in [-0.39, 0.29) is 24.1 Å². The Labute approximate surface area is 114 Å². The molecule has 2 aromatic rings. The lowest BCUT2D eigenvalue weighted by molar-refractivity contribution is -0.386. The number of benzene rings is 1. The van der Waals surface area contributed by atoms with Gasteiger partial charge in [0.2, 0.25) is 5.95 Å². The number of hydrogen-bond donors (Lipinski definition) is 2. The standard InChI is InChI=1S/C12H12N4O4/c1-13-12-14-6-10(16(18)19)11(15-12)20-9-4-2-3-8(5-9)7-17/h2-6,17H,7H2,1H3,(H,13,14,15). The summed E-state index contributed by atoms with van der Waals surface area (Å²) in [4.78, 5) is 18.0. The van der Waals surface area contributed by atoms with Crippen LogP contribution in [-0.2, 0) is 6.61 Å². The predicted octanol–water partition coefficient (Wildman–Crippen LogP) is 1.71. The fourth-order valence-electron chi connectivity index (χ4n) is 1.50. The maximum absolute atomic E-state index is 10.9. The molecule has 1 heterocycles. The Morgan fingerprint density at radius 2 is 2.30 bits per heavy atom. The van der Waals surface area contributed by atoms with Crippen LogP contribution in [-0.4, -0.2) is 27.0 Å². The summed E-state index contributed by atoms with van der Waals surface area (Å²) in [5.41, 5.74) is 0.298. The number of anilines is 1. The highest BCUT2D eigenvalue weighted by molar-refractivity contribution is 5.45. The highest BCUT2D eigenvalue weighted by atomic mass is 16.6. The lowest BCUT2D eigenvalue weighted by Crippen LogP contribution is -2.02. The van der Waals surface area contributed by atoms with Gasteiger partial charge in [0, 0.05) is 7.05 Å². The molecule has 20 heavy (non-hydrogen) atoms. The minimum Gasteiger partial charge on any atom is -0.434 e. The van der Waals surface area contributed by atoms with Crippen LogP contribution in [0.5, 0.6) is 11.6 Å². The predicted molar refractivity (Wildman–Crippen MR) is 70.7 cm³/mol. The van der Waals surface area contributed by atoms with E-state index in [0.29, 0.717) is 11.3 Å². The van der Waals surface area contributed by atoms with Gasteiger partial charge in [-0.15, -0.1) is 0 Å². The number of aromatic nitrogens is 2. The Balaban J connectivity index is 2.37. The van der Waals surface area contributed by atoms with Gasteiger partial charge in [-0.2, -0.15) is 4.98 Å². The Morgan fingerprint density at radius 3 is 2.95 bits per heavy atom. The fourth-order valence-corrected chi connectivity index (χ4v) is 1.50. The Kier molecular flexibility index (Phi) is 4.06. The minimum absolute atomic E-state index is 0.148. The van der Waals surface area contributed by atoms with Gasteiger partial charge in [0.25, 0.3) is 0 Å². The molecule has 0 saturated carbocycles. The maximum Gasteiger partial charge on any atom is 0.349 e. The van der Waals surface area contributed by atoms with Crippen LogP contribution in [0.15, 0.2) is 30.5 Å². The van der Waals surface area contributed by atoms with Crippen molar-refractivity contribution < 1.29 is 14.8 Å². The third-order valence-electron chi connectivity index (χ3n) is 2.45. The van der Waals surface area contributed by atoms with Gasteiger partial charge in [0.15, 0.2) is 0 Å². The number of nitro groups is 1. The van der Waals surface area contributed by atoms with Crippen molar-refractivity contribution in [2.24, 2.45) is 0 Å². The average molecular weight is 276 g/mol. The van der Waals surface area contributed by atoms with Gasteiger partial charge >= 0.3 is 11.6 Å². The van der Waals surface area contributed by atoms with Gasteiger partial charge in [0.05, 0.1) is 11.5 Å². The molecule has 2 N–H and O–H groups in total. The third kappa shape index (κ3) is 2.98. The molecular weight excluding hydrogens is 264 g/mol. The molecule has 2 rings (SSSR count). The van der Waals surface area contributed by atoms with E-state index in [2.05, 4.69) is 15.3 Å². The van der Waals surface area contributed by atoms with Gasteiger partial charge < -0.3 is 15.2 Å². The van der Waals surface area contributed by atoms with Crippen molar-refractivity contribution in [1.29, 1.82) is 0 Å². The fraction of sp³-hybridized carbons (Fsp3) is 0.167. The molecular formula is C12H12N4O4. The van der Waals surface area contributed by atoms with E-state index in [1.54, 1.807) is 31.3 Å². The van der Waals surface area contributed by atoms with Crippen molar-refractivity contribution in [3.63, 3.8) is 0 Å². The first-order valence-corrected chi connectivity index (χ1v) is 5.71. The molecule has 0 spiro atoms. The van der Waals surface area contributed by atoms with Crippen LogP contribution in [0.4, 0.5) is 11.6 Å². The number of aliphatic hydroxyl groups is 1. The zero-order chi connectivity index (χ0) is 14.5. The topological polar surface area (TPSA) is 110 Å². The quantitative estimate of drug-likeness (QED) is 0.631. The molecule has 0 aliphatic carbocycles. The zero-order valence-electron chi connectivity index (χ0n) is 10.6. The molecule has 0 fully saturated rings. The van der Waals surface area contributed by atoms with Crippen molar-refractivity contribution in [2.45, 2.75) is 6.61 Å². The van der Waals surface area contributed by atoms with E-state index in [1.807, 2.05) is 0 Å². The van der Waals surface area contributed by atoms with Crippen LogP contribution in [0.2, 0.25) is 0 Å². The van der Waals surface area contributed by atoms with E-state index in [0.717, 1.165) is 6.20 Å². The first-order chi connectivity index (χ1) is 9.63. The molecule has 0 amide bonds. The lowest BCUT2D eigenvalue weighted by atomic mass is 10.2. The van der Waals surface area contributed by atoms with Crippen LogP contribution in [0, 0.1) is 10.1 Å². The van der Waals surface area contributed by atoms with Crippen LogP contribution in [0.3, 0.4) is 0 Å². The summed E-state index contributed by atoms with van der Waals surface area (Å²) >= 11 is 0. The van der Waals surface area contributed by atoms with Crippen molar-refractivity contribution in [3.8, 4) is 11.6 Å². The van der Waals surface area contributed by atoms with Crippen LogP contribution >= 0.6 is 0 Å². The smallest absolute Gasteiger partial charge is 0.349 e. The van der Waals surface area contributed by atoms with Gasteiger partial charge in [0.1, 0.15) is 11.9 Å². The molecule has 0 bridgehead atoms. The number of nitrogens with zero attached hydrogens (tertiary/aromatic N) is 3. The molecule has 1 aromatic carbocycles. The largest absolute Gasteiger partial charge is 0.434 e. The van der Waals surface area contributed by atoms with Gasteiger partial charge in [-0.1, -0.05) is 12.1 Å². The second-order valence-electron chi connectivity index (χ2n) is 3.80. The van der Waals surface area contributed by atoms with E-state index in [4.69, 9.17) is 9.84 Å². The van der Waals surface area contributed by atoms with Crippen molar-refractivity contribution in [1.82, 2.24) is 9.97 Å². The van der Waals surface area contributed by atoms with Gasteiger partial charge in [-0.3, -0.25) is 10.1 Å². The molecule has 8 heteroatoms. The summed E-state index contributed by atoms with van der Waals surface area (Å²) < 4.78 is 5.41. The Morgan fingerprint density at radius 1 is 1.50 bits per heavy atom. The van der Waals surface area contributed by atoms with Crippen LogP contribution in [0.25, 0.3) is 0 Å². The number of aliphatic hydroxyl groups excluding tert-OH is 1. The second-order valence-corrected chi connectivity index (χ2v) is 3.80. The normalized spacial score (nSPS) is 10.1. The summed E-state index contributed by atoms with van der Waals surface area (Å²) in [5, 5.41) is 22.7. The SMILES string of the molecule is CNc1ncc([N+](=O)[O-])c(Oc2cccc(CO)c2)n1. The highest BCUT2D eigenvalue weighted by Crippen LogP contribution is 2.29. The summed E-state index contributed by atoms with van der Waals surface area (Å²) in [7, 11) is 1.59. The molecule has 0 atom stereocenters. The first kappa shape index (κ1) is 13.7. The number of hydrogen-bond acceptors (Lipinski definition) is 7. The number of nitrogens with one attached hydrogen (secondary N) is 1. The van der Waals surface area contributed by atoms with E-state index in [1.165, 1.54) is 0 Å². The molecule has 0 aliphatic heterocycles. The molecule has 0 saturated heterocycles. The third-order valence-corrected chi connectivity index (χ3v) is 2.45. The van der Waals surface area contributed by atoms with Gasteiger partial charge in [-0.25, -0.2) is 4.98 Å². The number of rotatable bonds is 5. The molecule has 0 unspecified atom stereocenters. The summed E-state index contributed by atoms with van der Waals surface area (Å²) in [6, 6.07) is 6.57. The molecule has 0 radical (unpaired) electrons. The minimum atomic E-state index is -0.620. The molecule has 1 aromatic heterocycles. The van der Waals surface area contributed by atoms with Crippen LogP contribution in [0.1, 0.15) is 5.56 Å². The van der Waals surface area contributed by atoms with E-state index in [9.17, 15) is 10.1 Å². The summed E-state index contributed by atoms with van der Waals surface area (Å²) in [5.74, 6) is 0.397. The van der Waals surface area contributed by atoms with E-state index >= 15 is 0 Å². The lowest BCUT2D eigenvalue weighted by Gasteiger charge is -2.07. The molecule has 0 aliphatic rings. The van der Waals surface area contributed by atoms with Gasteiger partial charge in [-0.05, 0) is 17.7 Å². The van der Waals surface area contributed by atoms with E-state index < -0.39 is 4.92 Å². The molecule has 104 valence electrons. The van der Waals surface area contributed by atoms with Crippen LogP contribution < -0.4 is 10.1 Å². The second kappa shape index (κ2) is 5.93. The maximum atomic E-state index is 10.9. The monoisotopic (exact) mass is 276 g/mol.